The van der Waals surface area contributed by atoms with Crippen LogP contribution in [0.1, 0.15) is 19.3 Å². The van der Waals surface area contributed by atoms with Gasteiger partial charge < -0.3 is 9.64 Å². The van der Waals surface area contributed by atoms with E-state index in [9.17, 15) is 4.79 Å². The topological polar surface area (TPSA) is 53.3 Å². The zero-order valence-electron chi connectivity index (χ0n) is 9.53. The van der Waals surface area contributed by atoms with E-state index in [1.165, 1.54) is 5.57 Å². The zero-order chi connectivity index (χ0) is 11.6. The number of methoxy groups -OCH3 is 1. The van der Waals surface area contributed by atoms with Gasteiger partial charge in [0.1, 0.15) is 5.41 Å². The van der Waals surface area contributed by atoms with Gasteiger partial charge in [-0.1, -0.05) is 6.08 Å². The van der Waals surface area contributed by atoms with Crippen molar-refractivity contribution in [3.63, 3.8) is 0 Å². The summed E-state index contributed by atoms with van der Waals surface area (Å²) < 4.78 is 5.05. The molecule has 0 aromatic carbocycles. The summed E-state index contributed by atoms with van der Waals surface area (Å²) in [5, 5.41) is 8.96. The van der Waals surface area contributed by atoms with E-state index in [0.29, 0.717) is 13.2 Å². The number of hydrogen-bond acceptors (Lipinski definition) is 3. The minimum Gasteiger partial charge on any atom is -0.380 e. The van der Waals surface area contributed by atoms with Crippen LogP contribution in [0, 0.1) is 16.7 Å². The minimum atomic E-state index is -0.674. The summed E-state index contributed by atoms with van der Waals surface area (Å²) in [4.78, 5) is 13.8. The number of ether oxygens (including phenoxy) is 1. The van der Waals surface area contributed by atoms with Gasteiger partial charge >= 0.3 is 0 Å². The van der Waals surface area contributed by atoms with Gasteiger partial charge in [-0.25, -0.2) is 0 Å². The zero-order valence-corrected chi connectivity index (χ0v) is 9.53. The van der Waals surface area contributed by atoms with Crippen molar-refractivity contribution in [1.29, 1.82) is 5.26 Å². The highest BCUT2D eigenvalue weighted by molar-refractivity contribution is 5.88. The molecule has 1 saturated carbocycles. The molecule has 0 bridgehead atoms. The van der Waals surface area contributed by atoms with Crippen molar-refractivity contribution in [2.45, 2.75) is 19.3 Å². The molecule has 0 atom stereocenters. The Morgan fingerprint density at radius 3 is 2.88 bits per heavy atom. The Morgan fingerprint density at radius 2 is 2.44 bits per heavy atom. The third-order valence-corrected chi connectivity index (χ3v) is 3.29. The van der Waals surface area contributed by atoms with E-state index in [-0.39, 0.29) is 5.91 Å². The molecule has 0 radical (unpaired) electrons. The number of hydrogen-bond donors (Lipinski definition) is 0. The maximum atomic E-state index is 12.0. The molecule has 4 nitrogen and oxygen atoms in total. The first-order valence-electron chi connectivity index (χ1n) is 5.59. The van der Waals surface area contributed by atoms with E-state index in [1.54, 1.807) is 12.0 Å². The summed E-state index contributed by atoms with van der Waals surface area (Å²) in [5.74, 6) is 0.0164. The standard InChI is InChI=1S/C12H16N2O2/c1-16-8-10-2-6-14(7-3-10)11(15)12(9-13)4-5-12/h2H,3-8H2,1H3. The van der Waals surface area contributed by atoms with Crippen LogP contribution >= 0.6 is 0 Å². The van der Waals surface area contributed by atoms with Crippen LogP contribution in [0.5, 0.6) is 0 Å². The SMILES string of the molecule is COCC1=CCN(C(=O)C2(C#N)CC2)CC1. The smallest absolute Gasteiger partial charge is 0.243 e. The Kier molecular flexibility index (Phi) is 2.97. The largest absolute Gasteiger partial charge is 0.380 e. The predicted octanol–water partition coefficient (Wildman–Crippen LogP) is 1.10. The molecule has 0 aromatic rings. The summed E-state index contributed by atoms with van der Waals surface area (Å²) >= 11 is 0. The molecule has 4 heteroatoms. The lowest BCUT2D eigenvalue weighted by Gasteiger charge is -2.28. The van der Waals surface area contributed by atoms with E-state index < -0.39 is 5.41 Å². The van der Waals surface area contributed by atoms with Crippen molar-refractivity contribution >= 4 is 5.91 Å². The summed E-state index contributed by atoms with van der Waals surface area (Å²) in [6.45, 7) is 1.99. The third-order valence-electron chi connectivity index (χ3n) is 3.29. The van der Waals surface area contributed by atoms with Crippen LogP contribution in [0.2, 0.25) is 0 Å². The molecule has 0 N–H and O–H groups in total. The maximum absolute atomic E-state index is 12.0. The maximum Gasteiger partial charge on any atom is 0.243 e. The van der Waals surface area contributed by atoms with Gasteiger partial charge in [-0.15, -0.1) is 0 Å². The van der Waals surface area contributed by atoms with Gasteiger partial charge in [-0.2, -0.15) is 5.26 Å². The molecule has 0 unspecified atom stereocenters. The molecule has 0 aromatic heterocycles. The molecule has 2 rings (SSSR count). The summed E-state index contributed by atoms with van der Waals surface area (Å²) in [5.41, 5.74) is 0.570. The van der Waals surface area contributed by atoms with E-state index in [1.807, 2.05) is 6.08 Å². The Bertz CT molecular complexity index is 364. The molecular weight excluding hydrogens is 204 g/mol. The Balaban J connectivity index is 1.95. The minimum absolute atomic E-state index is 0.0164. The summed E-state index contributed by atoms with van der Waals surface area (Å²) in [6, 6.07) is 2.15. The molecule has 1 heterocycles. The number of amides is 1. The van der Waals surface area contributed by atoms with E-state index in [4.69, 9.17) is 10.00 Å². The second kappa shape index (κ2) is 4.26. The van der Waals surface area contributed by atoms with Crippen molar-refractivity contribution in [2.24, 2.45) is 5.41 Å². The Morgan fingerprint density at radius 1 is 1.69 bits per heavy atom. The van der Waals surface area contributed by atoms with E-state index >= 15 is 0 Å². The molecule has 1 fully saturated rings. The molecule has 1 aliphatic heterocycles. The average Bonchev–Trinajstić information content (AvgIpc) is 3.10. The van der Waals surface area contributed by atoms with Crippen molar-refractivity contribution in [3.05, 3.63) is 11.6 Å². The molecule has 0 saturated heterocycles. The van der Waals surface area contributed by atoms with Gasteiger partial charge in [0.05, 0.1) is 12.7 Å². The normalized spacial score (nSPS) is 22.2. The highest BCUT2D eigenvalue weighted by Gasteiger charge is 2.52. The average molecular weight is 220 g/mol. The van der Waals surface area contributed by atoms with Crippen LogP contribution in [-0.2, 0) is 9.53 Å². The number of nitriles is 1. The predicted molar refractivity (Wildman–Crippen MR) is 58.4 cm³/mol. The quantitative estimate of drug-likeness (QED) is 0.669. The second-order valence-corrected chi connectivity index (χ2v) is 4.49. The van der Waals surface area contributed by atoms with Crippen LogP contribution in [0.4, 0.5) is 0 Å². The van der Waals surface area contributed by atoms with Crippen molar-refractivity contribution in [1.82, 2.24) is 4.90 Å². The van der Waals surface area contributed by atoms with Gasteiger partial charge in [0.15, 0.2) is 0 Å². The van der Waals surface area contributed by atoms with Crippen LogP contribution in [0.15, 0.2) is 11.6 Å². The highest BCUT2D eigenvalue weighted by Crippen LogP contribution is 2.46. The molecule has 1 aliphatic carbocycles. The molecule has 1 amide bonds. The Hall–Kier alpha value is -1.34. The fourth-order valence-corrected chi connectivity index (χ4v) is 2.01. The highest BCUT2D eigenvalue weighted by atomic mass is 16.5. The molecule has 2 aliphatic rings. The van der Waals surface area contributed by atoms with Gasteiger partial charge in [0.25, 0.3) is 0 Å². The number of rotatable bonds is 3. The molecule has 86 valence electrons. The van der Waals surface area contributed by atoms with E-state index in [2.05, 4.69) is 6.07 Å². The lowest BCUT2D eigenvalue weighted by atomic mass is 10.0. The Labute approximate surface area is 95.5 Å². The van der Waals surface area contributed by atoms with Crippen molar-refractivity contribution in [3.8, 4) is 6.07 Å². The lowest BCUT2D eigenvalue weighted by Crippen LogP contribution is -2.39. The number of carbonyl (C=O) groups excluding carboxylic acids is 1. The van der Waals surface area contributed by atoms with Crippen LogP contribution in [-0.4, -0.2) is 37.6 Å². The molecule has 0 spiro atoms. The lowest BCUT2D eigenvalue weighted by molar-refractivity contribution is -0.134. The monoisotopic (exact) mass is 220 g/mol. The van der Waals surface area contributed by atoms with Gasteiger partial charge in [0.2, 0.25) is 5.91 Å². The van der Waals surface area contributed by atoms with Crippen LogP contribution in [0.3, 0.4) is 0 Å². The first-order valence-corrected chi connectivity index (χ1v) is 5.59. The first kappa shape index (κ1) is 11.2. The summed E-state index contributed by atoms with van der Waals surface area (Å²) in [7, 11) is 1.67. The van der Waals surface area contributed by atoms with Crippen molar-refractivity contribution in [2.75, 3.05) is 26.8 Å². The third kappa shape index (κ3) is 1.96. The van der Waals surface area contributed by atoms with Crippen LogP contribution < -0.4 is 0 Å². The molecule has 16 heavy (non-hydrogen) atoms. The van der Waals surface area contributed by atoms with E-state index in [0.717, 1.165) is 25.8 Å². The van der Waals surface area contributed by atoms with Crippen LogP contribution in [0.25, 0.3) is 0 Å². The van der Waals surface area contributed by atoms with Gasteiger partial charge in [-0.05, 0) is 24.8 Å². The number of carbonyl (C=O) groups is 1. The fraction of sp³-hybridized carbons (Fsp3) is 0.667. The number of nitrogens with zero attached hydrogens (tertiary/aromatic N) is 2. The van der Waals surface area contributed by atoms with Gasteiger partial charge in [-0.3, -0.25) is 4.79 Å². The second-order valence-electron chi connectivity index (χ2n) is 4.49. The van der Waals surface area contributed by atoms with Gasteiger partial charge in [0, 0.05) is 20.2 Å². The van der Waals surface area contributed by atoms with Crippen molar-refractivity contribution < 1.29 is 9.53 Å². The first-order chi connectivity index (χ1) is 7.72. The fourth-order valence-electron chi connectivity index (χ4n) is 2.01. The summed E-state index contributed by atoms with van der Waals surface area (Å²) in [6.07, 6.45) is 4.36. The molecular formula is C12H16N2O2.